The van der Waals surface area contributed by atoms with Gasteiger partial charge >= 0.3 is 17.7 Å². The Hall–Kier alpha value is -3.35. The van der Waals surface area contributed by atoms with Crippen molar-refractivity contribution < 1.29 is 23.5 Å². The predicted octanol–water partition coefficient (Wildman–Crippen LogP) is 5.10. The molecule has 1 aromatic heterocycles. The molecule has 1 unspecified atom stereocenters. The van der Waals surface area contributed by atoms with Gasteiger partial charge in [-0.3, -0.25) is 0 Å². The number of nitrogens with one attached hydrogen (secondary N) is 1. The molecule has 1 N–H and O–H groups in total. The topological polar surface area (TPSA) is 94.8 Å². The fraction of sp³-hybridized carbons (Fsp3) is 0.400. The summed E-state index contributed by atoms with van der Waals surface area (Å²) in [5.74, 6) is -0.222. The number of hydrogen-bond donors (Lipinski definition) is 1. The van der Waals surface area contributed by atoms with E-state index in [1.54, 1.807) is 52.0 Å². The van der Waals surface area contributed by atoms with Gasteiger partial charge in [-0.1, -0.05) is 32.0 Å². The number of rotatable bonds is 5. The second-order valence-corrected chi connectivity index (χ2v) is 9.25. The van der Waals surface area contributed by atoms with E-state index in [-0.39, 0.29) is 11.7 Å². The molecule has 2 aromatic carbocycles. The van der Waals surface area contributed by atoms with Crippen molar-refractivity contribution in [1.29, 1.82) is 0 Å². The number of carbonyl (C=O) groups is 2. The summed E-state index contributed by atoms with van der Waals surface area (Å²) < 4.78 is 16.4. The number of esters is 1. The Morgan fingerprint density at radius 2 is 1.69 bits per heavy atom. The molecule has 3 rings (SSSR count). The van der Waals surface area contributed by atoms with Crippen LogP contribution >= 0.6 is 0 Å². The maximum Gasteiger partial charge on any atom is 0.408 e. The molecule has 32 heavy (non-hydrogen) atoms. The van der Waals surface area contributed by atoms with Crippen LogP contribution in [-0.2, 0) is 9.53 Å². The third-order valence-electron chi connectivity index (χ3n) is 4.88. The summed E-state index contributed by atoms with van der Waals surface area (Å²) >= 11 is 0. The largest absolute Gasteiger partial charge is 0.444 e. The van der Waals surface area contributed by atoms with E-state index in [1.165, 1.54) is 0 Å². The van der Waals surface area contributed by atoms with E-state index in [1.807, 2.05) is 26.0 Å². The Balaban J connectivity index is 1.91. The lowest BCUT2D eigenvalue weighted by molar-refractivity contribution is -0.137. The van der Waals surface area contributed by atoms with Crippen LogP contribution in [0.4, 0.5) is 4.79 Å². The van der Waals surface area contributed by atoms with Gasteiger partial charge in [-0.2, -0.15) is 0 Å². The molecule has 7 nitrogen and oxygen atoms in total. The second kappa shape index (κ2) is 9.02. The average Bonchev–Trinajstić information content (AvgIpc) is 2.68. The van der Waals surface area contributed by atoms with Gasteiger partial charge in [0.15, 0.2) is 0 Å². The number of fused-ring (bicyclic) bond motifs is 3. The monoisotopic (exact) mass is 439 g/mol. The van der Waals surface area contributed by atoms with Gasteiger partial charge in [-0.25, -0.2) is 14.4 Å². The molecule has 0 aliphatic rings. The number of aryl methyl sites for hydroxylation is 1. The van der Waals surface area contributed by atoms with Crippen LogP contribution in [0.1, 0.15) is 46.6 Å². The Labute approximate surface area is 186 Å². The lowest BCUT2D eigenvalue weighted by atomic mass is 10.0. The lowest BCUT2D eigenvalue weighted by Crippen LogP contribution is -2.45. The van der Waals surface area contributed by atoms with Crippen LogP contribution < -0.4 is 15.7 Å². The van der Waals surface area contributed by atoms with Gasteiger partial charge in [0, 0.05) is 10.9 Å². The highest BCUT2D eigenvalue weighted by molar-refractivity contribution is 6.05. The normalized spacial score (nSPS) is 12.7. The van der Waals surface area contributed by atoms with Crippen molar-refractivity contribution in [2.45, 2.75) is 59.6 Å². The number of carbonyl (C=O) groups excluding carboxylic acids is 2. The molecular weight excluding hydrogens is 410 g/mol. The van der Waals surface area contributed by atoms with Crippen LogP contribution in [0.3, 0.4) is 0 Å². The summed E-state index contributed by atoms with van der Waals surface area (Å²) in [6.07, 6.45) is -0.308. The van der Waals surface area contributed by atoms with Crippen LogP contribution in [-0.4, -0.2) is 23.7 Å². The Morgan fingerprint density at radius 3 is 2.31 bits per heavy atom. The van der Waals surface area contributed by atoms with Crippen LogP contribution in [0, 0.1) is 12.8 Å². The van der Waals surface area contributed by atoms with Crippen LogP contribution in [0.15, 0.2) is 45.6 Å². The molecule has 1 heterocycles. The summed E-state index contributed by atoms with van der Waals surface area (Å²) in [6.45, 7) is 10.9. The first-order chi connectivity index (χ1) is 15.0. The summed E-state index contributed by atoms with van der Waals surface area (Å²) in [5.41, 5.74) is -0.256. The molecule has 1 amide bonds. The van der Waals surface area contributed by atoms with Gasteiger partial charge in [0.2, 0.25) is 0 Å². The third kappa shape index (κ3) is 5.28. The minimum atomic E-state index is -0.886. The van der Waals surface area contributed by atoms with Crippen molar-refractivity contribution in [2.75, 3.05) is 0 Å². The minimum Gasteiger partial charge on any atom is -0.444 e. The van der Waals surface area contributed by atoms with Gasteiger partial charge in [-0.15, -0.1) is 0 Å². The number of hydrogen-bond acceptors (Lipinski definition) is 6. The number of amides is 1. The van der Waals surface area contributed by atoms with Crippen LogP contribution in [0.2, 0.25) is 0 Å². The lowest BCUT2D eigenvalue weighted by Gasteiger charge is -2.24. The summed E-state index contributed by atoms with van der Waals surface area (Å²) in [4.78, 5) is 37.6. The van der Waals surface area contributed by atoms with Crippen LogP contribution in [0.25, 0.3) is 21.7 Å². The van der Waals surface area contributed by atoms with Crippen molar-refractivity contribution in [3.63, 3.8) is 0 Å². The molecule has 0 radical (unpaired) electrons. The fourth-order valence-corrected chi connectivity index (χ4v) is 3.49. The van der Waals surface area contributed by atoms with E-state index in [2.05, 4.69) is 5.32 Å². The molecule has 0 saturated carbocycles. The molecule has 0 aliphatic heterocycles. The van der Waals surface area contributed by atoms with E-state index >= 15 is 0 Å². The minimum absolute atomic E-state index is 0.129. The maximum absolute atomic E-state index is 12.9. The Kier molecular flexibility index (Phi) is 6.57. The van der Waals surface area contributed by atoms with Gasteiger partial charge in [-0.05, 0) is 63.6 Å². The fourth-order valence-electron chi connectivity index (χ4n) is 3.49. The number of ether oxygens (including phenoxy) is 2. The number of alkyl carbamates (subject to hydrolysis) is 1. The average molecular weight is 440 g/mol. The zero-order valence-corrected chi connectivity index (χ0v) is 19.3. The smallest absolute Gasteiger partial charge is 0.408 e. The SMILES string of the molecule is Cc1c(OC(=O)C(CC(C)C)NC(=O)OC(C)(C)C)ccc2c1oc(=O)c1ccccc12. The summed E-state index contributed by atoms with van der Waals surface area (Å²) in [6, 6.07) is 9.73. The molecular formula is C25H29NO6. The van der Waals surface area contributed by atoms with Gasteiger partial charge in [0.1, 0.15) is 23.0 Å². The molecule has 3 aromatic rings. The molecule has 1 atom stereocenters. The van der Waals surface area contributed by atoms with E-state index in [0.29, 0.717) is 23.0 Å². The third-order valence-corrected chi connectivity index (χ3v) is 4.88. The molecule has 0 saturated heterocycles. The van der Waals surface area contributed by atoms with E-state index in [4.69, 9.17) is 13.9 Å². The van der Waals surface area contributed by atoms with E-state index < -0.39 is 29.3 Å². The van der Waals surface area contributed by atoms with Gasteiger partial charge in [0.25, 0.3) is 0 Å². The van der Waals surface area contributed by atoms with Gasteiger partial charge in [0.05, 0.1) is 5.39 Å². The summed E-state index contributed by atoms with van der Waals surface area (Å²) in [7, 11) is 0. The molecule has 0 aliphatic carbocycles. The number of benzene rings is 2. The zero-order chi connectivity index (χ0) is 23.6. The van der Waals surface area contributed by atoms with Crippen LogP contribution in [0.5, 0.6) is 5.75 Å². The molecule has 0 spiro atoms. The summed E-state index contributed by atoms with van der Waals surface area (Å²) in [5, 5.41) is 4.61. The Bertz CT molecular complexity index is 1220. The second-order valence-electron chi connectivity index (χ2n) is 9.25. The highest BCUT2D eigenvalue weighted by Crippen LogP contribution is 2.31. The molecule has 0 fully saturated rings. The highest BCUT2D eigenvalue weighted by Gasteiger charge is 2.27. The first-order valence-electron chi connectivity index (χ1n) is 10.6. The standard InChI is InChI=1S/C25H29NO6/c1-14(2)13-19(26-24(29)32-25(4,5)6)23(28)30-20-12-11-17-16-9-7-8-10-18(16)22(27)31-21(17)15(20)3/h7-12,14,19H,13H2,1-6H3,(H,26,29). The molecule has 170 valence electrons. The van der Waals surface area contributed by atoms with E-state index in [0.717, 1.165) is 10.8 Å². The predicted molar refractivity (Wildman–Crippen MR) is 123 cm³/mol. The molecule has 7 heteroatoms. The van der Waals surface area contributed by atoms with Crippen molar-refractivity contribution in [3.8, 4) is 5.75 Å². The van der Waals surface area contributed by atoms with Gasteiger partial charge < -0.3 is 19.2 Å². The highest BCUT2D eigenvalue weighted by atomic mass is 16.6. The first-order valence-corrected chi connectivity index (χ1v) is 10.6. The van der Waals surface area contributed by atoms with Crippen molar-refractivity contribution in [3.05, 3.63) is 52.4 Å². The Morgan fingerprint density at radius 1 is 1.03 bits per heavy atom. The van der Waals surface area contributed by atoms with Crippen molar-refractivity contribution in [1.82, 2.24) is 5.32 Å². The van der Waals surface area contributed by atoms with Crippen molar-refractivity contribution in [2.24, 2.45) is 5.92 Å². The van der Waals surface area contributed by atoms with E-state index in [9.17, 15) is 14.4 Å². The first kappa shape index (κ1) is 23.3. The quantitative estimate of drug-likeness (QED) is 0.257. The zero-order valence-electron chi connectivity index (χ0n) is 19.3. The molecule has 0 bridgehead atoms. The van der Waals surface area contributed by atoms with Crippen molar-refractivity contribution >= 4 is 33.8 Å². The maximum atomic E-state index is 12.9.